The average molecular weight is 394 g/mol. The van der Waals surface area contributed by atoms with Gasteiger partial charge in [0.25, 0.3) is 5.91 Å². The van der Waals surface area contributed by atoms with Gasteiger partial charge in [0, 0.05) is 42.4 Å². The summed E-state index contributed by atoms with van der Waals surface area (Å²) in [5.74, 6) is -0.186. The lowest BCUT2D eigenvalue weighted by molar-refractivity contribution is -0.121. The number of rotatable bonds is 5. The summed E-state index contributed by atoms with van der Waals surface area (Å²) in [6.45, 7) is 4.62. The molecule has 0 saturated carbocycles. The Labute approximate surface area is 170 Å². The number of piperidine rings is 1. The van der Waals surface area contributed by atoms with Crippen LogP contribution < -0.4 is 10.6 Å². The molecular formula is C22H26N4O3. The standard InChI is InChI=1S/C22H26N4O3/c1-15(2)20(27)25-19-14-17(8-11-23-19)22(29)26-12-9-16(10-13-26)21(28)24-18-6-4-3-5-7-18/h3-8,11,14-16H,9-10,12-13H2,1-2H3,(H,24,28)(H,23,25,27). The molecule has 1 saturated heterocycles. The second-order valence-corrected chi connectivity index (χ2v) is 7.50. The summed E-state index contributed by atoms with van der Waals surface area (Å²) in [5, 5.41) is 5.64. The van der Waals surface area contributed by atoms with Gasteiger partial charge >= 0.3 is 0 Å². The first-order chi connectivity index (χ1) is 13.9. The summed E-state index contributed by atoms with van der Waals surface area (Å²) < 4.78 is 0. The van der Waals surface area contributed by atoms with E-state index in [1.165, 1.54) is 6.20 Å². The summed E-state index contributed by atoms with van der Waals surface area (Å²) in [6, 6.07) is 12.6. The summed E-state index contributed by atoms with van der Waals surface area (Å²) in [6.07, 6.45) is 2.75. The van der Waals surface area contributed by atoms with Crippen LogP contribution in [0.5, 0.6) is 0 Å². The molecule has 0 bridgehead atoms. The van der Waals surface area contributed by atoms with Gasteiger partial charge in [0.2, 0.25) is 11.8 Å². The van der Waals surface area contributed by atoms with E-state index in [0.29, 0.717) is 37.3 Å². The number of nitrogens with zero attached hydrogens (tertiary/aromatic N) is 2. The van der Waals surface area contributed by atoms with Gasteiger partial charge in [0.1, 0.15) is 5.82 Å². The molecule has 7 heteroatoms. The Bertz CT molecular complexity index is 875. The summed E-state index contributed by atoms with van der Waals surface area (Å²) in [4.78, 5) is 43.0. The minimum Gasteiger partial charge on any atom is -0.339 e. The highest BCUT2D eigenvalue weighted by Crippen LogP contribution is 2.21. The normalized spacial score (nSPS) is 14.5. The topological polar surface area (TPSA) is 91.4 Å². The van der Waals surface area contributed by atoms with E-state index in [1.54, 1.807) is 30.9 Å². The molecule has 1 fully saturated rings. The van der Waals surface area contributed by atoms with E-state index < -0.39 is 0 Å². The van der Waals surface area contributed by atoms with Crippen molar-refractivity contribution in [3.05, 3.63) is 54.2 Å². The maximum absolute atomic E-state index is 12.8. The monoisotopic (exact) mass is 394 g/mol. The van der Waals surface area contributed by atoms with E-state index in [0.717, 1.165) is 5.69 Å². The van der Waals surface area contributed by atoms with Crippen LogP contribution in [0.25, 0.3) is 0 Å². The van der Waals surface area contributed by atoms with E-state index in [2.05, 4.69) is 15.6 Å². The van der Waals surface area contributed by atoms with Gasteiger partial charge in [-0.25, -0.2) is 4.98 Å². The number of benzene rings is 1. The van der Waals surface area contributed by atoms with Crippen LogP contribution in [0.1, 0.15) is 37.0 Å². The minimum atomic E-state index is -0.169. The number of hydrogen-bond donors (Lipinski definition) is 2. The Balaban J connectivity index is 1.56. The number of anilines is 2. The zero-order valence-electron chi connectivity index (χ0n) is 16.7. The Kier molecular flexibility index (Phi) is 6.59. The van der Waals surface area contributed by atoms with Crippen LogP contribution in [-0.4, -0.2) is 40.7 Å². The molecule has 0 aliphatic carbocycles. The Hall–Kier alpha value is -3.22. The first kappa shape index (κ1) is 20.5. The number of pyridine rings is 1. The molecule has 0 atom stereocenters. The number of amides is 3. The van der Waals surface area contributed by atoms with E-state index in [1.807, 2.05) is 30.3 Å². The fourth-order valence-corrected chi connectivity index (χ4v) is 3.20. The molecule has 0 unspecified atom stereocenters. The average Bonchev–Trinajstić information content (AvgIpc) is 2.74. The van der Waals surface area contributed by atoms with Crippen LogP contribution in [-0.2, 0) is 9.59 Å². The van der Waals surface area contributed by atoms with Gasteiger partial charge in [-0.15, -0.1) is 0 Å². The second kappa shape index (κ2) is 9.32. The molecule has 3 rings (SSSR count). The molecule has 0 radical (unpaired) electrons. The quantitative estimate of drug-likeness (QED) is 0.815. The molecule has 1 aliphatic heterocycles. The fourth-order valence-electron chi connectivity index (χ4n) is 3.20. The molecule has 152 valence electrons. The van der Waals surface area contributed by atoms with Gasteiger partial charge in [-0.3, -0.25) is 14.4 Å². The van der Waals surface area contributed by atoms with Crippen LogP contribution in [0.4, 0.5) is 11.5 Å². The lowest BCUT2D eigenvalue weighted by atomic mass is 9.95. The van der Waals surface area contributed by atoms with E-state index >= 15 is 0 Å². The van der Waals surface area contributed by atoms with Crippen molar-refractivity contribution in [2.24, 2.45) is 11.8 Å². The Morgan fingerprint density at radius 1 is 1.03 bits per heavy atom. The molecule has 2 aromatic rings. The maximum Gasteiger partial charge on any atom is 0.254 e. The lowest BCUT2D eigenvalue weighted by Gasteiger charge is -2.31. The number of carbonyl (C=O) groups excluding carboxylic acids is 3. The molecule has 2 heterocycles. The largest absolute Gasteiger partial charge is 0.339 e. The van der Waals surface area contributed by atoms with Gasteiger partial charge in [0.05, 0.1) is 0 Å². The smallest absolute Gasteiger partial charge is 0.254 e. The number of nitrogens with one attached hydrogen (secondary N) is 2. The van der Waals surface area contributed by atoms with Crippen molar-refractivity contribution in [1.29, 1.82) is 0 Å². The van der Waals surface area contributed by atoms with E-state index in [9.17, 15) is 14.4 Å². The molecule has 3 amide bonds. The van der Waals surface area contributed by atoms with Crippen molar-refractivity contribution in [1.82, 2.24) is 9.88 Å². The predicted octanol–water partition coefficient (Wildman–Crippen LogP) is 3.17. The molecule has 1 aromatic heterocycles. The Morgan fingerprint density at radius 3 is 2.38 bits per heavy atom. The van der Waals surface area contributed by atoms with Crippen molar-refractivity contribution in [3.63, 3.8) is 0 Å². The SMILES string of the molecule is CC(C)C(=O)Nc1cc(C(=O)N2CCC(C(=O)Nc3ccccc3)CC2)ccn1. The van der Waals surface area contributed by atoms with Crippen molar-refractivity contribution >= 4 is 29.2 Å². The first-order valence-electron chi connectivity index (χ1n) is 9.86. The number of aromatic nitrogens is 1. The zero-order valence-corrected chi connectivity index (χ0v) is 16.7. The molecule has 7 nitrogen and oxygen atoms in total. The van der Waals surface area contributed by atoms with Crippen LogP contribution >= 0.6 is 0 Å². The summed E-state index contributed by atoms with van der Waals surface area (Å²) >= 11 is 0. The summed E-state index contributed by atoms with van der Waals surface area (Å²) in [5.41, 5.74) is 1.26. The van der Waals surface area contributed by atoms with Crippen LogP contribution in [0.3, 0.4) is 0 Å². The first-order valence-corrected chi connectivity index (χ1v) is 9.86. The van der Waals surface area contributed by atoms with Gasteiger partial charge < -0.3 is 15.5 Å². The number of hydrogen-bond acceptors (Lipinski definition) is 4. The van der Waals surface area contributed by atoms with Crippen molar-refractivity contribution in [2.45, 2.75) is 26.7 Å². The second-order valence-electron chi connectivity index (χ2n) is 7.50. The van der Waals surface area contributed by atoms with Crippen molar-refractivity contribution in [3.8, 4) is 0 Å². The highest BCUT2D eigenvalue weighted by atomic mass is 16.2. The maximum atomic E-state index is 12.8. The van der Waals surface area contributed by atoms with Crippen LogP contribution in [0.15, 0.2) is 48.7 Å². The van der Waals surface area contributed by atoms with Gasteiger partial charge in [-0.05, 0) is 37.1 Å². The minimum absolute atomic E-state index is 0.00843. The number of para-hydroxylation sites is 1. The van der Waals surface area contributed by atoms with Gasteiger partial charge in [-0.2, -0.15) is 0 Å². The molecular weight excluding hydrogens is 368 g/mol. The third kappa shape index (κ3) is 5.40. The number of likely N-dealkylation sites (tertiary alicyclic amines) is 1. The third-order valence-electron chi connectivity index (χ3n) is 4.98. The van der Waals surface area contributed by atoms with E-state index in [4.69, 9.17) is 0 Å². The summed E-state index contributed by atoms with van der Waals surface area (Å²) in [7, 11) is 0. The highest BCUT2D eigenvalue weighted by molar-refractivity contribution is 5.97. The predicted molar refractivity (Wildman–Crippen MR) is 111 cm³/mol. The number of carbonyl (C=O) groups is 3. The fraction of sp³-hybridized carbons (Fsp3) is 0.364. The molecule has 29 heavy (non-hydrogen) atoms. The van der Waals surface area contributed by atoms with Gasteiger partial charge in [0.15, 0.2) is 0 Å². The molecule has 0 spiro atoms. The lowest BCUT2D eigenvalue weighted by Crippen LogP contribution is -2.41. The van der Waals surface area contributed by atoms with E-state index in [-0.39, 0.29) is 29.6 Å². The van der Waals surface area contributed by atoms with Crippen molar-refractivity contribution < 1.29 is 14.4 Å². The van der Waals surface area contributed by atoms with Crippen LogP contribution in [0, 0.1) is 11.8 Å². The van der Waals surface area contributed by atoms with Gasteiger partial charge in [-0.1, -0.05) is 32.0 Å². The molecule has 1 aliphatic rings. The van der Waals surface area contributed by atoms with Crippen LogP contribution in [0.2, 0.25) is 0 Å². The zero-order chi connectivity index (χ0) is 20.8. The third-order valence-corrected chi connectivity index (χ3v) is 4.98. The Morgan fingerprint density at radius 2 is 1.72 bits per heavy atom. The molecule has 1 aromatic carbocycles. The van der Waals surface area contributed by atoms with Crippen molar-refractivity contribution in [2.75, 3.05) is 23.7 Å². The molecule has 2 N–H and O–H groups in total. The highest BCUT2D eigenvalue weighted by Gasteiger charge is 2.28.